The molecule has 0 radical (unpaired) electrons. The molecule has 12 heteroatoms. The van der Waals surface area contributed by atoms with E-state index in [9.17, 15) is 21.6 Å². The van der Waals surface area contributed by atoms with E-state index in [-0.39, 0.29) is 11.3 Å². The third-order valence-corrected chi connectivity index (χ3v) is 8.32. The predicted molar refractivity (Wildman–Crippen MR) is 128 cm³/mol. The van der Waals surface area contributed by atoms with Crippen molar-refractivity contribution < 1.29 is 26.4 Å². The van der Waals surface area contributed by atoms with E-state index in [4.69, 9.17) is 0 Å². The molecule has 1 N–H and O–H groups in total. The average Bonchev–Trinajstić information content (AvgIpc) is 2.78. The SMILES string of the molecule is COC(=O)c1ccc(CS(=O)(=O)NC(C)c2ccc(CN3CCN(S(C)(=O)=O)CC3)cc2)nc1. The van der Waals surface area contributed by atoms with Crippen molar-refractivity contribution in [3.05, 3.63) is 65.0 Å². The molecule has 1 aliphatic rings. The van der Waals surface area contributed by atoms with Gasteiger partial charge in [-0.25, -0.2) is 26.4 Å². The molecule has 0 amide bonds. The number of nitrogens with zero attached hydrogens (tertiary/aromatic N) is 3. The second-order valence-electron chi connectivity index (χ2n) is 8.31. The lowest BCUT2D eigenvalue weighted by molar-refractivity contribution is 0.0600. The van der Waals surface area contributed by atoms with E-state index in [0.29, 0.717) is 38.4 Å². The number of ether oxygens (including phenoxy) is 1. The van der Waals surface area contributed by atoms with Gasteiger partial charge in [0, 0.05) is 45.0 Å². The van der Waals surface area contributed by atoms with Gasteiger partial charge in [0.05, 0.1) is 24.6 Å². The van der Waals surface area contributed by atoms with Crippen LogP contribution in [0.2, 0.25) is 0 Å². The second kappa shape index (κ2) is 10.9. The molecule has 1 aromatic heterocycles. The molecule has 186 valence electrons. The molecule has 0 saturated carbocycles. The number of nitrogens with one attached hydrogen (secondary N) is 1. The minimum atomic E-state index is -3.66. The highest BCUT2D eigenvalue weighted by atomic mass is 32.2. The Morgan fingerprint density at radius 3 is 2.24 bits per heavy atom. The summed E-state index contributed by atoms with van der Waals surface area (Å²) < 4.78 is 57.2. The fourth-order valence-electron chi connectivity index (χ4n) is 3.71. The topological polar surface area (TPSA) is 126 Å². The number of methoxy groups -OCH3 is 1. The monoisotopic (exact) mass is 510 g/mol. The second-order valence-corrected chi connectivity index (χ2v) is 12.0. The molecule has 1 saturated heterocycles. The van der Waals surface area contributed by atoms with Crippen LogP contribution in [0.5, 0.6) is 0 Å². The highest BCUT2D eigenvalue weighted by Crippen LogP contribution is 2.17. The molecule has 34 heavy (non-hydrogen) atoms. The highest BCUT2D eigenvalue weighted by molar-refractivity contribution is 7.88. The summed E-state index contributed by atoms with van der Waals surface area (Å²) in [7, 11) is -5.55. The molecule has 0 aliphatic carbocycles. The summed E-state index contributed by atoms with van der Waals surface area (Å²) in [4.78, 5) is 17.7. The summed E-state index contributed by atoms with van der Waals surface area (Å²) in [5.41, 5.74) is 2.46. The van der Waals surface area contributed by atoms with Crippen LogP contribution in [0.4, 0.5) is 0 Å². The van der Waals surface area contributed by atoms with Gasteiger partial charge >= 0.3 is 5.97 Å². The van der Waals surface area contributed by atoms with Crippen LogP contribution < -0.4 is 4.72 Å². The first-order valence-electron chi connectivity index (χ1n) is 10.8. The van der Waals surface area contributed by atoms with Gasteiger partial charge in [0.1, 0.15) is 5.75 Å². The molecule has 1 aromatic carbocycles. The normalized spacial score (nSPS) is 16.8. The van der Waals surface area contributed by atoms with Gasteiger partial charge in [0.25, 0.3) is 0 Å². The number of carbonyl (C=O) groups is 1. The number of piperazine rings is 1. The maximum Gasteiger partial charge on any atom is 0.339 e. The Hall–Kier alpha value is -2.38. The van der Waals surface area contributed by atoms with E-state index in [1.807, 2.05) is 24.3 Å². The lowest BCUT2D eigenvalue weighted by Crippen LogP contribution is -2.47. The highest BCUT2D eigenvalue weighted by Gasteiger charge is 2.23. The molecule has 2 heterocycles. The average molecular weight is 511 g/mol. The van der Waals surface area contributed by atoms with Crippen LogP contribution in [-0.2, 0) is 37.1 Å². The van der Waals surface area contributed by atoms with E-state index in [0.717, 1.165) is 11.1 Å². The van der Waals surface area contributed by atoms with Crippen molar-refractivity contribution in [1.29, 1.82) is 0 Å². The minimum Gasteiger partial charge on any atom is -0.465 e. The Labute approximate surface area is 201 Å². The fourth-order valence-corrected chi connectivity index (χ4v) is 5.86. The lowest BCUT2D eigenvalue weighted by atomic mass is 10.1. The molecule has 1 fully saturated rings. The van der Waals surface area contributed by atoms with Crippen molar-refractivity contribution in [2.75, 3.05) is 39.5 Å². The van der Waals surface area contributed by atoms with Crippen molar-refractivity contribution >= 4 is 26.0 Å². The van der Waals surface area contributed by atoms with E-state index < -0.39 is 32.1 Å². The molecule has 0 bridgehead atoms. The summed E-state index contributed by atoms with van der Waals surface area (Å²) in [6.07, 6.45) is 2.52. The molecule has 1 atom stereocenters. The number of benzene rings is 1. The first-order chi connectivity index (χ1) is 16.0. The van der Waals surface area contributed by atoms with Crippen molar-refractivity contribution in [3.8, 4) is 0 Å². The van der Waals surface area contributed by atoms with Crippen LogP contribution in [0, 0.1) is 0 Å². The zero-order chi connectivity index (χ0) is 24.9. The Morgan fingerprint density at radius 1 is 1.06 bits per heavy atom. The van der Waals surface area contributed by atoms with Crippen molar-refractivity contribution in [3.63, 3.8) is 0 Å². The van der Waals surface area contributed by atoms with Crippen LogP contribution in [0.1, 0.15) is 40.1 Å². The van der Waals surface area contributed by atoms with Gasteiger partial charge in [-0.15, -0.1) is 0 Å². The van der Waals surface area contributed by atoms with Crippen molar-refractivity contribution in [1.82, 2.24) is 18.9 Å². The van der Waals surface area contributed by atoms with Gasteiger partial charge < -0.3 is 4.74 Å². The van der Waals surface area contributed by atoms with Crippen molar-refractivity contribution in [2.24, 2.45) is 0 Å². The maximum atomic E-state index is 12.6. The lowest BCUT2D eigenvalue weighted by Gasteiger charge is -2.33. The molecule has 1 unspecified atom stereocenters. The van der Waals surface area contributed by atoms with E-state index in [1.54, 1.807) is 6.92 Å². The first kappa shape index (κ1) is 26.2. The van der Waals surface area contributed by atoms with Crippen LogP contribution in [-0.4, -0.2) is 76.5 Å². The van der Waals surface area contributed by atoms with Gasteiger partial charge in [-0.3, -0.25) is 9.88 Å². The summed E-state index contributed by atoms with van der Waals surface area (Å²) in [6, 6.07) is 10.2. The number of aromatic nitrogens is 1. The first-order valence-corrected chi connectivity index (χ1v) is 14.3. The number of esters is 1. The number of sulfonamides is 2. The van der Waals surface area contributed by atoms with E-state index in [2.05, 4.69) is 19.3 Å². The van der Waals surface area contributed by atoms with Crippen LogP contribution in [0.25, 0.3) is 0 Å². The molecule has 10 nitrogen and oxygen atoms in total. The molecular weight excluding hydrogens is 480 g/mol. The maximum absolute atomic E-state index is 12.6. The summed E-state index contributed by atoms with van der Waals surface area (Å²) in [6.45, 7) is 4.77. The van der Waals surface area contributed by atoms with E-state index in [1.165, 1.54) is 36.0 Å². The summed E-state index contributed by atoms with van der Waals surface area (Å²) >= 11 is 0. The third kappa shape index (κ3) is 7.31. The van der Waals surface area contributed by atoms with Gasteiger partial charge in [-0.05, 0) is 30.2 Å². The number of rotatable bonds is 9. The number of hydrogen-bond acceptors (Lipinski definition) is 8. The zero-order valence-electron chi connectivity index (χ0n) is 19.5. The van der Waals surface area contributed by atoms with Crippen LogP contribution >= 0.6 is 0 Å². The number of hydrogen-bond donors (Lipinski definition) is 1. The van der Waals surface area contributed by atoms with Crippen LogP contribution in [0.3, 0.4) is 0 Å². The largest absolute Gasteiger partial charge is 0.465 e. The standard InChI is InChI=1S/C22H30N4O6S2/c1-17(24-34(30,31)16-21-9-8-20(14-23-21)22(27)32-2)19-6-4-18(5-7-19)15-25-10-12-26(13-11-25)33(3,28)29/h4-9,14,17,24H,10-13,15-16H2,1-3H3. The fraction of sp³-hybridized carbons (Fsp3) is 0.455. The molecule has 3 rings (SSSR count). The predicted octanol–water partition coefficient (Wildman–Crippen LogP) is 1.13. The van der Waals surface area contributed by atoms with Gasteiger partial charge in [0.2, 0.25) is 20.0 Å². The number of carbonyl (C=O) groups excluding carboxylic acids is 1. The zero-order valence-corrected chi connectivity index (χ0v) is 21.1. The Balaban J connectivity index is 1.53. The summed E-state index contributed by atoms with van der Waals surface area (Å²) in [5.74, 6) is -0.843. The molecule has 2 aromatic rings. The van der Waals surface area contributed by atoms with Crippen molar-refractivity contribution in [2.45, 2.75) is 25.3 Å². The van der Waals surface area contributed by atoms with Gasteiger partial charge in [-0.2, -0.15) is 4.31 Å². The molecular formula is C22H30N4O6S2. The van der Waals surface area contributed by atoms with Gasteiger partial charge in [-0.1, -0.05) is 24.3 Å². The molecule has 0 spiro atoms. The summed E-state index contributed by atoms with van der Waals surface area (Å²) in [5, 5.41) is 0. The quantitative estimate of drug-likeness (QED) is 0.498. The third-order valence-electron chi connectivity index (χ3n) is 5.63. The number of pyridine rings is 1. The van der Waals surface area contributed by atoms with Crippen LogP contribution in [0.15, 0.2) is 42.6 Å². The minimum absolute atomic E-state index is 0.252. The smallest absolute Gasteiger partial charge is 0.339 e. The van der Waals surface area contributed by atoms with Gasteiger partial charge in [0.15, 0.2) is 0 Å². The molecule has 1 aliphatic heterocycles. The Bertz CT molecular complexity index is 1190. The van der Waals surface area contributed by atoms with E-state index >= 15 is 0 Å². The Kier molecular flexibility index (Phi) is 8.42. The Morgan fingerprint density at radius 2 is 1.71 bits per heavy atom.